The van der Waals surface area contributed by atoms with Crippen LogP contribution in [0.5, 0.6) is 0 Å². The first-order chi connectivity index (χ1) is 5.79. The van der Waals surface area contributed by atoms with Crippen LogP contribution in [-0.4, -0.2) is 12.7 Å². The van der Waals surface area contributed by atoms with Crippen molar-refractivity contribution in [1.29, 1.82) is 0 Å². The van der Waals surface area contributed by atoms with Crippen molar-refractivity contribution in [2.75, 3.05) is 12.0 Å². The van der Waals surface area contributed by atoms with Crippen molar-refractivity contribution in [3.8, 4) is 0 Å². The second-order valence-electron chi connectivity index (χ2n) is 3.00. The molecule has 0 saturated carbocycles. The van der Waals surface area contributed by atoms with E-state index in [1.807, 2.05) is 18.2 Å². The van der Waals surface area contributed by atoms with Crippen LogP contribution < -0.4 is 5.32 Å². The molecule has 3 heteroatoms. The van der Waals surface area contributed by atoms with Crippen molar-refractivity contribution < 1.29 is 4.39 Å². The molecule has 1 aromatic rings. The molecule has 1 aromatic carbocycles. The minimum atomic E-state index is -0.327. The van der Waals surface area contributed by atoms with E-state index >= 15 is 0 Å². The molecule has 0 aromatic heterocycles. The van der Waals surface area contributed by atoms with E-state index in [4.69, 9.17) is 11.6 Å². The fourth-order valence-corrected chi connectivity index (χ4v) is 1.70. The molecule has 0 fully saturated rings. The Morgan fingerprint density at radius 2 is 2.42 bits per heavy atom. The lowest BCUT2D eigenvalue weighted by atomic mass is 10.1. The third-order valence-electron chi connectivity index (χ3n) is 2.08. The van der Waals surface area contributed by atoms with Crippen LogP contribution in [0.25, 0.3) is 0 Å². The fourth-order valence-electron chi connectivity index (χ4n) is 1.50. The average Bonchev–Trinajstić information content (AvgIpc) is 2.46. The van der Waals surface area contributed by atoms with Crippen molar-refractivity contribution in [2.24, 2.45) is 0 Å². The summed E-state index contributed by atoms with van der Waals surface area (Å²) in [6.45, 7) is -0.327. The van der Waals surface area contributed by atoms with Crippen molar-refractivity contribution >= 4 is 17.3 Å². The number of anilines is 1. The Balaban J connectivity index is 2.30. The molecule has 0 aliphatic carbocycles. The first kappa shape index (κ1) is 7.87. The number of hydrogen-bond donors (Lipinski definition) is 1. The standard InChI is InChI=1S/C9H9ClFN/c10-7-1-2-9-6(3-7)4-8(5-11)12-9/h1-3,8,12H,4-5H2. The molecule has 1 N–H and O–H groups in total. The average molecular weight is 186 g/mol. The van der Waals surface area contributed by atoms with Gasteiger partial charge in [-0.3, -0.25) is 0 Å². The summed E-state index contributed by atoms with van der Waals surface area (Å²) in [6, 6.07) is 5.54. The summed E-state index contributed by atoms with van der Waals surface area (Å²) in [5, 5.41) is 3.80. The summed E-state index contributed by atoms with van der Waals surface area (Å²) in [4.78, 5) is 0. The van der Waals surface area contributed by atoms with Gasteiger partial charge in [0, 0.05) is 10.7 Å². The maximum absolute atomic E-state index is 12.3. The minimum Gasteiger partial charge on any atom is -0.379 e. The predicted molar refractivity (Wildman–Crippen MR) is 48.5 cm³/mol. The lowest BCUT2D eigenvalue weighted by Crippen LogP contribution is -2.16. The van der Waals surface area contributed by atoms with Gasteiger partial charge in [0.1, 0.15) is 6.67 Å². The number of halogens is 2. The fraction of sp³-hybridized carbons (Fsp3) is 0.333. The first-order valence-electron chi connectivity index (χ1n) is 3.90. The molecule has 1 unspecified atom stereocenters. The Bertz CT molecular complexity index is 301. The van der Waals surface area contributed by atoms with E-state index in [1.165, 1.54) is 0 Å². The van der Waals surface area contributed by atoms with Gasteiger partial charge in [-0.15, -0.1) is 0 Å². The van der Waals surface area contributed by atoms with Crippen LogP contribution in [0.3, 0.4) is 0 Å². The van der Waals surface area contributed by atoms with Gasteiger partial charge in [0.05, 0.1) is 6.04 Å². The molecule has 1 heterocycles. The molecule has 0 spiro atoms. The van der Waals surface area contributed by atoms with E-state index in [0.717, 1.165) is 22.7 Å². The van der Waals surface area contributed by atoms with Crippen LogP contribution in [0.4, 0.5) is 10.1 Å². The molecule has 12 heavy (non-hydrogen) atoms. The number of hydrogen-bond acceptors (Lipinski definition) is 1. The van der Waals surface area contributed by atoms with Crippen molar-refractivity contribution in [3.05, 3.63) is 28.8 Å². The largest absolute Gasteiger partial charge is 0.379 e. The zero-order valence-corrected chi connectivity index (χ0v) is 7.24. The van der Waals surface area contributed by atoms with E-state index in [1.54, 1.807) is 0 Å². The molecular formula is C9H9ClFN. The Morgan fingerprint density at radius 3 is 3.17 bits per heavy atom. The monoisotopic (exact) mass is 185 g/mol. The smallest absolute Gasteiger partial charge is 0.110 e. The molecule has 1 atom stereocenters. The SMILES string of the molecule is FCC1Cc2cc(Cl)ccc2N1. The quantitative estimate of drug-likeness (QED) is 0.710. The molecule has 1 nitrogen and oxygen atoms in total. The van der Waals surface area contributed by atoms with Crippen LogP contribution in [0.2, 0.25) is 5.02 Å². The Labute approximate surface area is 75.5 Å². The van der Waals surface area contributed by atoms with Gasteiger partial charge < -0.3 is 5.32 Å². The highest BCUT2D eigenvalue weighted by molar-refractivity contribution is 6.30. The zero-order chi connectivity index (χ0) is 8.55. The number of fused-ring (bicyclic) bond motifs is 1. The highest BCUT2D eigenvalue weighted by Gasteiger charge is 2.19. The normalized spacial score (nSPS) is 20.3. The van der Waals surface area contributed by atoms with E-state index < -0.39 is 0 Å². The topological polar surface area (TPSA) is 12.0 Å². The number of benzene rings is 1. The molecule has 2 rings (SSSR count). The summed E-state index contributed by atoms with van der Waals surface area (Å²) in [6.07, 6.45) is 0.742. The second kappa shape index (κ2) is 2.94. The van der Waals surface area contributed by atoms with Gasteiger partial charge in [0.25, 0.3) is 0 Å². The van der Waals surface area contributed by atoms with E-state index in [9.17, 15) is 4.39 Å². The van der Waals surface area contributed by atoms with Crippen LogP contribution in [0.1, 0.15) is 5.56 Å². The van der Waals surface area contributed by atoms with Crippen molar-refractivity contribution in [1.82, 2.24) is 0 Å². The summed E-state index contributed by atoms with van der Waals surface area (Å²) in [7, 11) is 0. The maximum atomic E-state index is 12.3. The summed E-state index contributed by atoms with van der Waals surface area (Å²) < 4.78 is 12.3. The van der Waals surface area contributed by atoms with Gasteiger partial charge in [-0.25, -0.2) is 4.39 Å². The van der Waals surface area contributed by atoms with Crippen LogP contribution in [0, 0.1) is 0 Å². The molecule has 0 saturated heterocycles. The predicted octanol–water partition coefficient (Wildman–Crippen LogP) is 2.65. The van der Waals surface area contributed by atoms with Crippen LogP contribution in [0.15, 0.2) is 18.2 Å². The maximum Gasteiger partial charge on any atom is 0.110 e. The van der Waals surface area contributed by atoms with Gasteiger partial charge in [-0.2, -0.15) is 0 Å². The highest BCUT2D eigenvalue weighted by atomic mass is 35.5. The molecule has 0 bridgehead atoms. The van der Waals surface area contributed by atoms with Gasteiger partial charge >= 0.3 is 0 Å². The molecular weight excluding hydrogens is 177 g/mol. The lowest BCUT2D eigenvalue weighted by Gasteiger charge is -2.03. The van der Waals surface area contributed by atoms with Crippen LogP contribution >= 0.6 is 11.6 Å². The molecule has 1 aliphatic heterocycles. The Hall–Kier alpha value is -0.760. The molecule has 0 radical (unpaired) electrons. The van der Waals surface area contributed by atoms with Gasteiger partial charge in [-0.1, -0.05) is 11.6 Å². The van der Waals surface area contributed by atoms with Gasteiger partial charge in [0.15, 0.2) is 0 Å². The molecule has 0 amide bonds. The lowest BCUT2D eigenvalue weighted by molar-refractivity contribution is 0.450. The van der Waals surface area contributed by atoms with Gasteiger partial charge in [-0.05, 0) is 30.2 Å². The van der Waals surface area contributed by atoms with Crippen LogP contribution in [-0.2, 0) is 6.42 Å². The first-order valence-corrected chi connectivity index (χ1v) is 4.28. The number of alkyl halides is 1. The zero-order valence-electron chi connectivity index (χ0n) is 6.48. The second-order valence-corrected chi connectivity index (χ2v) is 3.44. The number of nitrogens with one attached hydrogen (secondary N) is 1. The highest BCUT2D eigenvalue weighted by Crippen LogP contribution is 2.28. The van der Waals surface area contributed by atoms with Gasteiger partial charge in [0.2, 0.25) is 0 Å². The summed E-state index contributed by atoms with van der Waals surface area (Å²) in [5.41, 5.74) is 2.13. The van der Waals surface area contributed by atoms with E-state index in [0.29, 0.717) is 0 Å². The molecule has 64 valence electrons. The van der Waals surface area contributed by atoms with E-state index in [2.05, 4.69) is 5.32 Å². The number of rotatable bonds is 1. The Kier molecular flexibility index (Phi) is 1.93. The Morgan fingerprint density at radius 1 is 1.58 bits per heavy atom. The third-order valence-corrected chi connectivity index (χ3v) is 2.31. The van der Waals surface area contributed by atoms with Crippen molar-refractivity contribution in [2.45, 2.75) is 12.5 Å². The van der Waals surface area contributed by atoms with Crippen molar-refractivity contribution in [3.63, 3.8) is 0 Å². The molecule has 1 aliphatic rings. The summed E-state index contributed by atoms with van der Waals surface area (Å²) in [5.74, 6) is 0. The summed E-state index contributed by atoms with van der Waals surface area (Å²) >= 11 is 5.79. The van der Waals surface area contributed by atoms with E-state index in [-0.39, 0.29) is 12.7 Å². The minimum absolute atomic E-state index is 0.0570. The third kappa shape index (κ3) is 1.27.